The topological polar surface area (TPSA) is 100 Å². The third kappa shape index (κ3) is 9.23. The summed E-state index contributed by atoms with van der Waals surface area (Å²) in [4.78, 5) is 36.2. The molecule has 0 fully saturated rings. The fraction of sp³-hybridized carbons (Fsp3) is 0.667. The van der Waals surface area contributed by atoms with Gasteiger partial charge in [-0.15, -0.1) is 0 Å². The fourth-order valence-electron chi connectivity index (χ4n) is 2.77. The number of carbonyl (C=O) groups excluding carboxylic acids is 3. The van der Waals surface area contributed by atoms with Crippen LogP contribution in [0.2, 0.25) is 0 Å². The molecule has 0 saturated carbocycles. The molecular formula is C21H33NO7. The van der Waals surface area contributed by atoms with Gasteiger partial charge in [0.15, 0.2) is 0 Å². The molecule has 1 heterocycles. The summed E-state index contributed by atoms with van der Waals surface area (Å²) in [5.74, 6) is -1.35. The van der Waals surface area contributed by atoms with E-state index in [-0.39, 0.29) is 62.0 Å². The number of amides is 1. The summed E-state index contributed by atoms with van der Waals surface area (Å²) in [5, 5.41) is 2.61. The van der Waals surface area contributed by atoms with Gasteiger partial charge < -0.3 is 24.3 Å². The lowest BCUT2D eigenvalue weighted by atomic mass is 10.0. The van der Waals surface area contributed by atoms with E-state index >= 15 is 0 Å². The van der Waals surface area contributed by atoms with Crippen LogP contribution in [-0.2, 0) is 33.3 Å². The zero-order chi connectivity index (χ0) is 21.8. The Morgan fingerprint density at radius 3 is 1.93 bits per heavy atom. The van der Waals surface area contributed by atoms with Crippen LogP contribution < -0.4 is 5.32 Å². The number of cyclic esters (lactones) is 2. The molecular weight excluding hydrogens is 378 g/mol. The first kappa shape index (κ1) is 24.8. The first-order chi connectivity index (χ1) is 13.8. The number of methoxy groups -OCH3 is 2. The summed E-state index contributed by atoms with van der Waals surface area (Å²) < 4.78 is 21.3. The highest BCUT2D eigenvalue weighted by Crippen LogP contribution is 2.12. The van der Waals surface area contributed by atoms with Crippen molar-refractivity contribution in [3.63, 3.8) is 0 Å². The van der Waals surface area contributed by atoms with Gasteiger partial charge in [0.05, 0.1) is 18.6 Å². The normalized spacial score (nSPS) is 33.3. The van der Waals surface area contributed by atoms with Crippen LogP contribution in [0.4, 0.5) is 0 Å². The predicted molar refractivity (Wildman–Crippen MR) is 107 cm³/mol. The number of carbonyl (C=O) groups is 3. The number of ether oxygens (including phenoxy) is 4. The van der Waals surface area contributed by atoms with Gasteiger partial charge in [0, 0.05) is 32.5 Å². The summed E-state index contributed by atoms with van der Waals surface area (Å²) in [5.41, 5.74) is 0. The van der Waals surface area contributed by atoms with Gasteiger partial charge in [-0.3, -0.25) is 9.59 Å². The predicted octanol–water partition coefficient (Wildman–Crippen LogP) is 1.79. The molecule has 8 heteroatoms. The van der Waals surface area contributed by atoms with Gasteiger partial charge in [-0.25, -0.2) is 4.79 Å². The minimum atomic E-state index is -0.767. The van der Waals surface area contributed by atoms with Gasteiger partial charge in [0.2, 0.25) is 5.91 Å². The lowest BCUT2D eigenvalue weighted by Crippen LogP contribution is -2.40. The average Bonchev–Trinajstić information content (AvgIpc) is 2.67. The average molecular weight is 411 g/mol. The maximum absolute atomic E-state index is 12.1. The van der Waals surface area contributed by atoms with Crippen molar-refractivity contribution in [3.8, 4) is 0 Å². The van der Waals surface area contributed by atoms with Crippen molar-refractivity contribution in [2.24, 2.45) is 11.8 Å². The van der Waals surface area contributed by atoms with Crippen LogP contribution in [0.3, 0.4) is 0 Å². The van der Waals surface area contributed by atoms with Crippen LogP contribution in [0.25, 0.3) is 0 Å². The largest absolute Gasteiger partial charge is 0.463 e. The second kappa shape index (κ2) is 13.1. The maximum atomic E-state index is 12.1. The Bertz CT molecular complexity index is 602. The Morgan fingerprint density at radius 2 is 1.38 bits per heavy atom. The van der Waals surface area contributed by atoms with Crippen LogP contribution in [0.1, 0.15) is 33.6 Å². The minimum absolute atomic E-state index is 0.0401. The Labute approximate surface area is 172 Å². The van der Waals surface area contributed by atoms with Crippen LogP contribution in [0, 0.1) is 11.8 Å². The Kier molecular flexibility index (Phi) is 11.2. The van der Waals surface area contributed by atoms with E-state index in [1.165, 1.54) is 7.11 Å². The Hall–Kier alpha value is -2.19. The highest BCUT2D eigenvalue weighted by molar-refractivity contribution is 5.84. The van der Waals surface area contributed by atoms with Crippen molar-refractivity contribution in [1.29, 1.82) is 0 Å². The van der Waals surface area contributed by atoms with Crippen molar-refractivity contribution in [3.05, 3.63) is 24.3 Å². The molecule has 8 nitrogen and oxygen atoms in total. The number of hydrogen-bond donors (Lipinski definition) is 1. The summed E-state index contributed by atoms with van der Waals surface area (Å²) in [6.07, 6.45) is 6.59. The Balaban J connectivity index is 2.90. The highest BCUT2D eigenvalue weighted by Gasteiger charge is 2.22. The molecule has 0 aromatic carbocycles. The lowest BCUT2D eigenvalue weighted by Gasteiger charge is -2.21. The summed E-state index contributed by atoms with van der Waals surface area (Å²) in [6, 6.07) is -0.767. The number of esters is 2. The second-order valence-electron chi connectivity index (χ2n) is 7.13. The van der Waals surface area contributed by atoms with Crippen molar-refractivity contribution in [2.45, 2.75) is 51.9 Å². The fourth-order valence-corrected chi connectivity index (χ4v) is 2.77. The molecule has 0 bridgehead atoms. The molecule has 29 heavy (non-hydrogen) atoms. The van der Waals surface area contributed by atoms with Gasteiger partial charge in [0.25, 0.3) is 0 Å². The molecule has 0 aromatic heterocycles. The van der Waals surface area contributed by atoms with Gasteiger partial charge in [-0.1, -0.05) is 38.2 Å². The van der Waals surface area contributed by atoms with Gasteiger partial charge in [-0.2, -0.15) is 0 Å². The van der Waals surface area contributed by atoms with Crippen LogP contribution in [0.5, 0.6) is 0 Å². The van der Waals surface area contributed by atoms with Gasteiger partial charge in [-0.05, 0) is 6.92 Å². The molecule has 0 radical (unpaired) electrons. The highest BCUT2D eigenvalue weighted by atomic mass is 16.6. The van der Waals surface area contributed by atoms with Crippen molar-refractivity contribution >= 4 is 17.8 Å². The van der Waals surface area contributed by atoms with Crippen molar-refractivity contribution in [2.75, 3.05) is 27.4 Å². The molecule has 5 atom stereocenters. The molecule has 1 rings (SSSR count). The maximum Gasteiger partial charge on any atom is 0.328 e. The molecule has 0 aliphatic carbocycles. The molecule has 1 aliphatic heterocycles. The first-order valence-corrected chi connectivity index (χ1v) is 9.79. The van der Waals surface area contributed by atoms with E-state index in [9.17, 15) is 14.4 Å². The molecule has 164 valence electrons. The number of rotatable bonds is 2. The molecule has 0 unspecified atom stereocenters. The van der Waals surface area contributed by atoms with Gasteiger partial charge >= 0.3 is 11.9 Å². The third-order valence-corrected chi connectivity index (χ3v) is 4.77. The summed E-state index contributed by atoms with van der Waals surface area (Å²) in [6.45, 7) is 5.54. The standard InChI is InChI=1S/C21H33NO7/c1-14-8-6-10-19(23)22-16(3)21(25)29-13-18(27-5)15(2)9-7-11-20(24)28-12-17(14)26-4/h6-9,14-18H,10-13H2,1-5H3,(H,22,23)/b8-6-,9-7-/t14-,15+,16+,17-,18+/m1/s1. The molecule has 1 amide bonds. The zero-order valence-corrected chi connectivity index (χ0v) is 17.9. The van der Waals surface area contributed by atoms with E-state index in [4.69, 9.17) is 18.9 Å². The van der Waals surface area contributed by atoms with Gasteiger partial charge in [0.1, 0.15) is 19.3 Å². The quantitative estimate of drug-likeness (QED) is 0.546. The molecule has 1 N–H and O–H groups in total. The minimum Gasteiger partial charge on any atom is -0.463 e. The van der Waals surface area contributed by atoms with E-state index in [0.717, 1.165) is 0 Å². The van der Waals surface area contributed by atoms with E-state index in [2.05, 4.69) is 5.32 Å². The third-order valence-electron chi connectivity index (χ3n) is 4.77. The summed E-state index contributed by atoms with van der Waals surface area (Å²) in [7, 11) is 3.07. The Morgan fingerprint density at radius 1 is 0.862 bits per heavy atom. The molecule has 0 saturated heterocycles. The molecule has 1 aliphatic rings. The molecule has 0 spiro atoms. The number of hydrogen-bond acceptors (Lipinski definition) is 7. The monoisotopic (exact) mass is 411 g/mol. The zero-order valence-electron chi connectivity index (χ0n) is 17.9. The molecule has 0 aromatic rings. The first-order valence-electron chi connectivity index (χ1n) is 9.79. The van der Waals surface area contributed by atoms with E-state index < -0.39 is 12.0 Å². The second-order valence-corrected chi connectivity index (χ2v) is 7.13. The lowest BCUT2D eigenvalue weighted by molar-refractivity contribution is -0.151. The van der Waals surface area contributed by atoms with Crippen molar-refractivity contribution in [1.82, 2.24) is 5.32 Å². The van der Waals surface area contributed by atoms with Crippen LogP contribution in [-0.4, -0.2) is 63.5 Å². The number of nitrogens with one attached hydrogen (secondary N) is 1. The smallest absolute Gasteiger partial charge is 0.328 e. The van der Waals surface area contributed by atoms with E-state index in [1.807, 2.05) is 26.0 Å². The summed E-state index contributed by atoms with van der Waals surface area (Å²) >= 11 is 0. The van der Waals surface area contributed by atoms with Crippen LogP contribution >= 0.6 is 0 Å². The SMILES string of the molecule is CO[C@H]1COC(=O)[C@H](C)NC(=O)C/C=C\[C@@H](C)[C@H](OC)COC(=O)C/C=C\[C@@H]1C. The van der Waals surface area contributed by atoms with Crippen molar-refractivity contribution < 1.29 is 33.3 Å². The van der Waals surface area contributed by atoms with E-state index in [0.29, 0.717) is 0 Å². The van der Waals surface area contributed by atoms with E-state index in [1.54, 1.807) is 26.2 Å². The van der Waals surface area contributed by atoms with Crippen LogP contribution in [0.15, 0.2) is 24.3 Å².